The maximum absolute atomic E-state index is 12.0. The highest BCUT2D eigenvalue weighted by Gasteiger charge is 2.56. The molecule has 7 nitrogen and oxygen atoms in total. The highest BCUT2D eigenvalue weighted by atomic mass is 32.2. The van der Waals surface area contributed by atoms with E-state index < -0.39 is 12.0 Å². The van der Waals surface area contributed by atoms with Gasteiger partial charge in [0.25, 0.3) is 0 Å². The van der Waals surface area contributed by atoms with Crippen molar-refractivity contribution in [3.8, 4) is 0 Å². The van der Waals surface area contributed by atoms with E-state index in [1.165, 1.54) is 16.7 Å². The van der Waals surface area contributed by atoms with E-state index in [4.69, 9.17) is 5.11 Å². The number of aryl methyl sites for hydroxylation is 1. The minimum absolute atomic E-state index is 0.0133. The molecular weight excluding hydrogens is 256 g/mol. The minimum Gasteiger partial charge on any atom is -0.480 e. The molecule has 1 N–H and O–H groups in total. The first-order valence-electron chi connectivity index (χ1n) is 5.59. The average Bonchev–Trinajstić information content (AvgIpc) is 2.89. The summed E-state index contributed by atoms with van der Waals surface area (Å²) >= 11 is 1.54. The standard InChI is InChI=1S/C10H12N4O3S/c1-13-3-5(11-12-13)2-6-8(15)14-7(10(16)17)4-18-9(6)14/h3,6-7,9H,2,4H2,1H3,(H,16,17). The monoisotopic (exact) mass is 268 g/mol. The van der Waals surface area contributed by atoms with E-state index in [2.05, 4.69) is 10.3 Å². The van der Waals surface area contributed by atoms with E-state index in [-0.39, 0.29) is 17.2 Å². The Bertz CT molecular complexity index is 517. The average molecular weight is 268 g/mol. The van der Waals surface area contributed by atoms with Crippen LogP contribution in [0.3, 0.4) is 0 Å². The number of thioether (sulfide) groups is 1. The zero-order valence-electron chi connectivity index (χ0n) is 9.68. The number of carboxylic acid groups (broad SMARTS) is 1. The second kappa shape index (κ2) is 3.98. The summed E-state index contributed by atoms with van der Waals surface area (Å²) in [4.78, 5) is 24.4. The summed E-state index contributed by atoms with van der Waals surface area (Å²) in [6.07, 6.45) is 2.32. The molecule has 0 saturated carbocycles. The molecule has 0 spiro atoms. The van der Waals surface area contributed by atoms with Crippen molar-refractivity contribution < 1.29 is 14.7 Å². The predicted octanol–water partition coefficient (Wildman–Crippen LogP) is -0.658. The number of β-lactam (4-membered cyclic amide) rings is 1. The summed E-state index contributed by atoms with van der Waals surface area (Å²) in [5.74, 6) is -0.682. The van der Waals surface area contributed by atoms with Gasteiger partial charge in [-0.3, -0.25) is 9.48 Å². The molecule has 2 aliphatic heterocycles. The molecule has 96 valence electrons. The lowest BCUT2D eigenvalue weighted by Crippen LogP contribution is -2.61. The molecule has 8 heteroatoms. The number of carboxylic acids is 1. The van der Waals surface area contributed by atoms with Crippen LogP contribution in [0.4, 0.5) is 0 Å². The Hall–Kier alpha value is -1.57. The first-order valence-corrected chi connectivity index (χ1v) is 6.64. The first-order chi connectivity index (χ1) is 8.58. The fourth-order valence-corrected chi connectivity index (χ4v) is 3.98. The van der Waals surface area contributed by atoms with Crippen LogP contribution in [-0.2, 0) is 23.1 Å². The second-order valence-electron chi connectivity index (χ2n) is 4.52. The molecule has 2 aliphatic rings. The molecule has 0 aromatic carbocycles. The molecule has 3 atom stereocenters. The van der Waals surface area contributed by atoms with Crippen LogP contribution in [0.2, 0.25) is 0 Å². The van der Waals surface area contributed by atoms with Crippen LogP contribution in [0.1, 0.15) is 5.69 Å². The maximum Gasteiger partial charge on any atom is 0.327 e. The van der Waals surface area contributed by atoms with Gasteiger partial charge in [-0.1, -0.05) is 5.21 Å². The third-order valence-corrected chi connectivity index (χ3v) is 4.72. The summed E-state index contributed by atoms with van der Waals surface area (Å²) in [6.45, 7) is 0. The van der Waals surface area contributed by atoms with E-state index in [9.17, 15) is 9.59 Å². The van der Waals surface area contributed by atoms with Crippen molar-refractivity contribution >= 4 is 23.6 Å². The number of hydrogen-bond donors (Lipinski definition) is 1. The Balaban J connectivity index is 1.71. The fraction of sp³-hybridized carbons (Fsp3) is 0.600. The predicted molar refractivity (Wildman–Crippen MR) is 62.7 cm³/mol. The van der Waals surface area contributed by atoms with Gasteiger partial charge in [-0.2, -0.15) is 0 Å². The molecule has 0 bridgehead atoms. The number of carbonyl (C=O) groups is 2. The summed E-state index contributed by atoms with van der Waals surface area (Å²) in [6, 6.07) is -0.661. The Morgan fingerprint density at radius 3 is 3.06 bits per heavy atom. The number of hydrogen-bond acceptors (Lipinski definition) is 5. The molecule has 1 amide bonds. The number of amides is 1. The van der Waals surface area contributed by atoms with Gasteiger partial charge in [0.1, 0.15) is 6.04 Å². The Morgan fingerprint density at radius 1 is 1.67 bits per heavy atom. The van der Waals surface area contributed by atoms with E-state index in [0.717, 1.165) is 5.69 Å². The van der Waals surface area contributed by atoms with Crippen LogP contribution in [-0.4, -0.2) is 54.0 Å². The SMILES string of the molecule is Cn1cc(CC2C(=O)N3C(C(=O)O)CSC23)nn1. The third-order valence-electron chi connectivity index (χ3n) is 3.31. The van der Waals surface area contributed by atoms with Gasteiger partial charge in [-0.25, -0.2) is 4.79 Å². The summed E-state index contributed by atoms with van der Waals surface area (Å²) in [5.41, 5.74) is 0.773. The van der Waals surface area contributed by atoms with Crippen LogP contribution in [0, 0.1) is 5.92 Å². The molecule has 3 heterocycles. The molecule has 2 saturated heterocycles. The Labute approximate surface area is 107 Å². The van der Waals surface area contributed by atoms with Crippen molar-refractivity contribution in [1.29, 1.82) is 0 Å². The quantitative estimate of drug-likeness (QED) is 0.732. The number of nitrogens with zero attached hydrogens (tertiary/aromatic N) is 4. The van der Waals surface area contributed by atoms with E-state index in [0.29, 0.717) is 12.2 Å². The van der Waals surface area contributed by atoms with Crippen LogP contribution < -0.4 is 0 Å². The highest BCUT2D eigenvalue weighted by Crippen LogP contribution is 2.44. The number of aliphatic carboxylic acids is 1. The first kappa shape index (κ1) is 11.5. The molecule has 0 aliphatic carbocycles. The molecule has 3 unspecified atom stereocenters. The van der Waals surface area contributed by atoms with E-state index >= 15 is 0 Å². The second-order valence-corrected chi connectivity index (χ2v) is 5.67. The number of fused-ring (bicyclic) bond motifs is 1. The van der Waals surface area contributed by atoms with Gasteiger partial charge in [0.15, 0.2) is 0 Å². The zero-order chi connectivity index (χ0) is 12.9. The Kier molecular flexibility index (Phi) is 2.54. The lowest BCUT2D eigenvalue weighted by molar-refractivity contribution is -0.161. The molecule has 18 heavy (non-hydrogen) atoms. The van der Waals surface area contributed by atoms with Crippen LogP contribution >= 0.6 is 11.8 Å². The summed E-state index contributed by atoms with van der Waals surface area (Å²) in [5, 5.41) is 16.8. The lowest BCUT2D eigenvalue weighted by atomic mass is 9.91. The van der Waals surface area contributed by atoms with Gasteiger partial charge < -0.3 is 10.0 Å². The van der Waals surface area contributed by atoms with Crippen LogP contribution in [0.15, 0.2) is 6.20 Å². The van der Waals surface area contributed by atoms with Gasteiger partial charge in [-0.05, 0) is 0 Å². The molecule has 2 fully saturated rings. The van der Waals surface area contributed by atoms with Gasteiger partial charge in [0, 0.05) is 25.4 Å². The van der Waals surface area contributed by atoms with E-state index in [1.54, 1.807) is 17.9 Å². The maximum atomic E-state index is 12.0. The molecule has 3 rings (SSSR count). The van der Waals surface area contributed by atoms with E-state index in [1.807, 2.05) is 0 Å². The molecule has 1 aromatic heterocycles. The molecule has 0 radical (unpaired) electrons. The van der Waals surface area contributed by atoms with Crippen LogP contribution in [0.5, 0.6) is 0 Å². The van der Waals surface area contributed by atoms with Crippen molar-refractivity contribution in [3.63, 3.8) is 0 Å². The van der Waals surface area contributed by atoms with Crippen molar-refractivity contribution in [3.05, 3.63) is 11.9 Å². The molecule has 1 aromatic rings. The number of aromatic nitrogens is 3. The summed E-state index contributed by atoms with van der Waals surface area (Å²) < 4.78 is 1.60. The van der Waals surface area contributed by atoms with Gasteiger partial charge >= 0.3 is 5.97 Å². The largest absolute Gasteiger partial charge is 0.480 e. The number of rotatable bonds is 3. The van der Waals surface area contributed by atoms with Gasteiger partial charge in [-0.15, -0.1) is 16.9 Å². The van der Waals surface area contributed by atoms with Crippen LogP contribution in [0.25, 0.3) is 0 Å². The summed E-state index contributed by atoms with van der Waals surface area (Å²) in [7, 11) is 1.77. The highest BCUT2D eigenvalue weighted by molar-refractivity contribution is 8.00. The fourth-order valence-electron chi connectivity index (χ4n) is 2.44. The molecular formula is C10H12N4O3S. The van der Waals surface area contributed by atoms with Crippen molar-refractivity contribution in [2.24, 2.45) is 13.0 Å². The topological polar surface area (TPSA) is 88.3 Å². The van der Waals surface area contributed by atoms with Gasteiger partial charge in [0.2, 0.25) is 5.91 Å². The normalized spacial score (nSPS) is 30.2. The van der Waals surface area contributed by atoms with Gasteiger partial charge in [0.05, 0.1) is 17.0 Å². The third kappa shape index (κ3) is 1.59. The van der Waals surface area contributed by atoms with Crippen molar-refractivity contribution in [2.45, 2.75) is 17.8 Å². The minimum atomic E-state index is -0.920. The number of carbonyl (C=O) groups excluding carboxylic acids is 1. The smallest absolute Gasteiger partial charge is 0.327 e. The van der Waals surface area contributed by atoms with Crippen molar-refractivity contribution in [1.82, 2.24) is 19.9 Å². The lowest BCUT2D eigenvalue weighted by Gasteiger charge is -2.43. The zero-order valence-corrected chi connectivity index (χ0v) is 10.5. The Morgan fingerprint density at radius 2 is 2.44 bits per heavy atom. The van der Waals surface area contributed by atoms with Crippen molar-refractivity contribution in [2.75, 3.05) is 5.75 Å².